The number of amides is 1. The molecule has 1 aromatic rings. The molecule has 2 heterocycles. The Hall–Kier alpha value is -1.94. The van der Waals surface area contributed by atoms with E-state index in [9.17, 15) is 15.0 Å². The first kappa shape index (κ1) is 14.5. The average Bonchev–Trinajstić information content (AvgIpc) is 2.79. The van der Waals surface area contributed by atoms with Gasteiger partial charge in [0.25, 0.3) is 5.91 Å². The van der Waals surface area contributed by atoms with Gasteiger partial charge in [-0.15, -0.1) is 0 Å². The lowest BCUT2D eigenvalue weighted by Crippen LogP contribution is -2.30. The first-order valence-electron chi connectivity index (χ1n) is 6.32. The molecule has 1 aliphatic heterocycles. The Labute approximate surface area is 116 Å². The van der Waals surface area contributed by atoms with E-state index in [-0.39, 0.29) is 25.6 Å². The summed E-state index contributed by atoms with van der Waals surface area (Å²) in [5.41, 5.74) is 0.855. The Bertz CT molecular complexity index is 540. The molecule has 2 rings (SSSR count). The van der Waals surface area contributed by atoms with Gasteiger partial charge >= 0.3 is 0 Å². The molecule has 2 unspecified atom stereocenters. The third-order valence-corrected chi connectivity index (χ3v) is 3.06. The van der Waals surface area contributed by atoms with E-state index in [1.807, 2.05) is 0 Å². The fourth-order valence-electron chi connectivity index (χ4n) is 2.00. The van der Waals surface area contributed by atoms with Crippen molar-refractivity contribution in [2.45, 2.75) is 18.6 Å². The molecule has 2 atom stereocenters. The molecule has 0 bridgehead atoms. The highest BCUT2D eigenvalue weighted by atomic mass is 16.3. The van der Waals surface area contributed by atoms with Crippen LogP contribution in [0.2, 0.25) is 0 Å². The third-order valence-electron chi connectivity index (χ3n) is 3.06. The summed E-state index contributed by atoms with van der Waals surface area (Å²) in [5, 5.41) is 27.7. The molecule has 0 radical (unpaired) electrons. The van der Waals surface area contributed by atoms with Gasteiger partial charge in [-0.1, -0.05) is 11.8 Å². The molecular formula is C14H16N2O4. The third kappa shape index (κ3) is 3.14. The van der Waals surface area contributed by atoms with Crippen molar-refractivity contribution in [1.29, 1.82) is 0 Å². The predicted octanol–water partition coefficient (Wildman–Crippen LogP) is -1.01. The molecule has 1 aromatic heterocycles. The monoisotopic (exact) mass is 276 g/mol. The molecule has 0 aromatic carbocycles. The largest absolute Gasteiger partial charge is 0.395 e. The van der Waals surface area contributed by atoms with Crippen molar-refractivity contribution >= 4 is 5.91 Å². The van der Waals surface area contributed by atoms with Crippen molar-refractivity contribution in [2.24, 2.45) is 0 Å². The van der Waals surface area contributed by atoms with Crippen LogP contribution in [0, 0.1) is 11.8 Å². The fraction of sp³-hybridized carbons (Fsp3) is 0.429. The van der Waals surface area contributed by atoms with Gasteiger partial charge in [-0.2, -0.15) is 0 Å². The van der Waals surface area contributed by atoms with Gasteiger partial charge in [0.1, 0.15) is 0 Å². The highest BCUT2D eigenvalue weighted by Gasteiger charge is 2.33. The second-order valence-corrected chi connectivity index (χ2v) is 4.54. The van der Waals surface area contributed by atoms with E-state index >= 15 is 0 Å². The molecule has 6 nitrogen and oxygen atoms in total. The van der Waals surface area contributed by atoms with E-state index in [2.05, 4.69) is 16.8 Å². The normalized spacial score (nSPS) is 21.4. The molecule has 1 amide bonds. The van der Waals surface area contributed by atoms with E-state index in [0.29, 0.717) is 17.5 Å². The SMILES string of the molecule is O=C(c1ccncc1C#CCCO)N1CC(O)C(O)C1. The van der Waals surface area contributed by atoms with Gasteiger partial charge in [0.15, 0.2) is 0 Å². The molecule has 6 heteroatoms. The van der Waals surface area contributed by atoms with Gasteiger partial charge in [0.05, 0.1) is 29.9 Å². The second-order valence-electron chi connectivity index (χ2n) is 4.54. The van der Waals surface area contributed by atoms with Gasteiger partial charge in [-0.25, -0.2) is 0 Å². The molecule has 1 aliphatic rings. The number of aliphatic hydroxyl groups is 3. The van der Waals surface area contributed by atoms with Gasteiger partial charge in [-0.3, -0.25) is 9.78 Å². The van der Waals surface area contributed by atoms with Crippen LogP contribution in [-0.4, -0.2) is 63.0 Å². The summed E-state index contributed by atoms with van der Waals surface area (Å²) in [6, 6.07) is 1.56. The summed E-state index contributed by atoms with van der Waals surface area (Å²) in [6.45, 7) is 0.165. The first-order chi connectivity index (χ1) is 9.63. The average molecular weight is 276 g/mol. The van der Waals surface area contributed by atoms with Crippen LogP contribution in [-0.2, 0) is 0 Å². The summed E-state index contributed by atoms with van der Waals surface area (Å²) in [4.78, 5) is 17.7. The van der Waals surface area contributed by atoms with E-state index in [1.54, 1.807) is 6.07 Å². The molecular weight excluding hydrogens is 260 g/mol. The maximum Gasteiger partial charge on any atom is 0.255 e. The zero-order valence-electron chi connectivity index (χ0n) is 10.9. The van der Waals surface area contributed by atoms with Gasteiger partial charge in [0.2, 0.25) is 0 Å². The number of aromatic nitrogens is 1. The van der Waals surface area contributed by atoms with Crippen molar-refractivity contribution < 1.29 is 20.1 Å². The van der Waals surface area contributed by atoms with Gasteiger partial charge < -0.3 is 20.2 Å². The Kier molecular flexibility index (Phi) is 4.69. The number of carbonyl (C=O) groups excluding carboxylic acids is 1. The summed E-state index contributed by atoms with van der Waals surface area (Å²) in [6.07, 6.45) is 1.48. The minimum atomic E-state index is -0.912. The predicted molar refractivity (Wildman–Crippen MR) is 70.7 cm³/mol. The number of aliphatic hydroxyl groups excluding tert-OH is 3. The van der Waals surface area contributed by atoms with Crippen LogP contribution in [0.4, 0.5) is 0 Å². The van der Waals surface area contributed by atoms with E-state index < -0.39 is 12.2 Å². The number of carbonyl (C=O) groups is 1. The second kappa shape index (κ2) is 6.48. The van der Waals surface area contributed by atoms with Crippen LogP contribution in [0.5, 0.6) is 0 Å². The maximum atomic E-state index is 12.4. The number of pyridine rings is 1. The molecule has 106 valence electrons. The van der Waals surface area contributed by atoms with Crippen LogP contribution in [0.1, 0.15) is 22.3 Å². The Morgan fingerprint density at radius 3 is 2.75 bits per heavy atom. The van der Waals surface area contributed by atoms with Crippen molar-refractivity contribution in [1.82, 2.24) is 9.88 Å². The van der Waals surface area contributed by atoms with Crippen LogP contribution in [0.25, 0.3) is 0 Å². The van der Waals surface area contributed by atoms with Crippen molar-refractivity contribution in [3.8, 4) is 11.8 Å². The van der Waals surface area contributed by atoms with Crippen LogP contribution in [0.15, 0.2) is 18.5 Å². The summed E-state index contributed by atoms with van der Waals surface area (Å²) in [7, 11) is 0. The number of nitrogens with zero attached hydrogens (tertiary/aromatic N) is 2. The lowest BCUT2D eigenvalue weighted by molar-refractivity contribution is 0.0572. The minimum Gasteiger partial charge on any atom is -0.395 e. The lowest BCUT2D eigenvalue weighted by atomic mass is 10.1. The molecule has 3 N–H and O–H groups in total. The van der Waals surface area contributed by atoms with Crippen molar-refractivity contribution in [3.05, 3.63) is 29.6 Å². The van der Waals surface area contributed by atoms with Crippen LogP contribution < -0.4 is 0 Å². The summed E-state index contributed by atoms with van der Waals surface area (Å²) in [5.74, 6) is 5.25. The number of rotatable bonds is 2. The number of hydrogen-bond acceptors (Lipinski definition) is 5. The first-order valence-corrected chi connectivity index (χ1v) is 6.32. The quantitative estimate of drug-likeness (QED) is 0.602. The Balaban J connectivity index is 2.21. The maximum absolute atomic E-state index is 12.4. The molecule has 0 aliphatic carbocycles. The zero-order valence-corrected chi connectivity index (χ0v) is 10.9. The number of hydrogen-bond donors (Lipinski definition) is 3. The molecule has 1 fully saturated rings. The van der Waals surface area contributed by atoms with Crippen molar-refractivity contribution in [2.75, 3.05) is 19.7 Å². The fourth-order valence-corrected chi connectivity index (χ4v) is 2.00. The molecule has 0 saturated carbocycles. The smallest absolute Gasteiger partial charge is 0.255 e. The van der Waals surface area contributed by atoms with Gasteiger partial charge in [-0.05, 0) is 6.07 Å². The Morgan fingerprint density at radius 2 is 2.10 bits per heavy atom. The molecule has 1 saturated heterocycles. The summed E-state index contributed by atoms with van der Waals surface area (Å²) < 4.78 is 0. The molecule has 0 spiro atoms. The van der Waals surface area contributed by atoms with Crippen molar-refractivity contribution in [3.63, 3.8) is 0 Å². The van der Waals surface area contributed by atoms with E-state index in [1.165, 1.54) is 17.3 Å². The van der Waals surface area contributed by atoms with E-state index in [4.69, 9.17) is 5.11 Å². The topological polar surface area (TPSA) is 93.9 Å². The summed E-state index contributed by atoms with van der Waals surface area (Å²) >= 11 is 0. The number of likely N-dealkylation sites (tertiary alicyclic amines) is 1. The lowest BCUT2D eigenvalue weighted by Gasteiger charge is -2.16. The minimum absolute atomic E-state index is 0.0406. The van der Waals surface area contributed by atoms with Crippen LogP contribution >= 0.6 is 0 Å². The van der Waals surface area contributed by atoms with Crippen LogP contribution in [0.3, 0.4) is 0 Å². The standard InChI is InChI=1S/C14H16N2O4/c17-6-2-1-3-10-7-15-5-4-11(10)14(20)16-8-12(18)13(19)9-16/h4-5,7,12-13,17-19H,2,6,8-9H2. The molecule has 20 heavy (non-hydrogen) atoms. The van der Waals surface area contributed by atoms with Gasteiger partial charge in [0, 0.05) is 31.9 Å². The number of β-amino-alcohol motifs (C(OH)–C–C–N with tert-alkyl or cyclic N) is 2. The highest BCUT2D eigenvalue weighted by Crippen LogP contribution is 2.16. The highest BCUT2D eigenvalue weighted by molar-refractivity contribution is 5.96. The Morgan fingerprint density at radius 1 is 1.40 bits per heavy atom. The zero-order chi connectivity index (χ0) is 14.5. The van der Waals surface area contributed by atoms with E-state index in [0.717, 1.165) is 0 Å².